The van der Waals surface area contributed by atoms with E-state index in [1.807, 2.05) is 11.6 Å². The molecule has 2 N–H and O–H groups in total. The highest BCUT2D eigenvalue weighted by Gasteiger charge is 2.33. The third-order valence-electron chi connectivity index (χ3n) is 4.32. The number of fused-ring (bicyclic) bond motifs is 2. The summed E-state index contributed by atoms with van der Waals surface area (Å²) >= 11 is 3.45. The van der Waals surface area contributed by atoms with Crippen LogP contribution in [0.5, 0.6) is 0 Å². The first-order valence-corrected chi connectivity index (χ1v) is 9.71. The molecule has 2 aliphatic rings. The Balaban J connectivity index is 1.26. The second-order valence-corrected chi connectivity index (χ2v) is 8.27. The average molecular weight is 326 g/mol. The molecule has 2 atom stereocenters. The molecular weight excluding hydrogens is 302 g/mol. The second kappa shape index (κ2) is 7.61. The molecule has 0 aliphatic carbocycles. The number of carbonyl (C=O) groups excluding carboxylic acids is 1. The van der Waals surface area contributed by atoms with Crippen molar-refractivity contribution in [3.8, 4) is 0 Å². The lowest BCUT2D eigenvalue weighted by molar-refractivity contribution is -0.122. The summed E-state index contributed by atoms with van der Waals surface area (Å²) in [6.07, 6.45) is 8.53. The van der Waals surface area contributed by atoms with Crippen molar-refractivity contribution in [2.45, 2.75) is 54.9 Å². The Morgan fingerprint density at radius 2 is 2.24 bits per heavy atom. The lowest BCUT2D eigenvalue weighted by atomic mass is 9.89. The number of nitrogens with one attached hydrogen (secondary N) is 2. The zero-order valence-electron chi connectivity index (χ0n) is 12.2. The topological polar surface area (TPSA) is 54.0 Å². The summed E-state index contributed by atoms with van der Waals surface area (Å²) in [5, 5.41) is 8.69. The fraction of sp³-hybridized carbons (Fsp3) is 0.733. The lowest BCUT2D eigenvalue weighted by Crippen LogP contribution is -2.39. The lowest BCUT2D eigenvalue weighted by Gasteiger charge is -2.28. The molecule has 2 aliphatic heterocycles. The van der Waals surface area contributed by atoms with Gasteiger partial charge in [0, 0.05) is 42.4 Å². The monoisotopic (exact) mass is 325 g/mol. The molecule has 0 radical (unpaired) electrons. The van der Waals surface area contributed by atoms with Crippen molar-refractivity contribution in [1.29, 1.82) is 0 Å². The molecule has 2 fully saturated rings. The number of hydrogen-bond donors (Lipinski definition) is 2. The van der Waals surface area contributed by atoms with Crippen LogP contribution in [0.2, 0.25) is 0 Å². The summed E-state index contributed by atoms with van der Waals surface area (Å²) in [4.78, 5) is 16.2. The van der Waals surface area contributed by atoms with Crippen molar-refractivity contribution in [3.05, 3.63) is 11.6 Å². The number of hydrogen-bond acceptors (Lipinski definition) is 5. The Labute approximate surface area is 134 Å². The predicted molar refractivity (Wildman–Crippen MR) is 87.8 cm³/mol. The Morgan fingerprint density at radius 1 is 1.43 bits per heavy atom. The minimum atomic E-state index is 0.237. The van der Waals surface area contributed by atoms with Gasteiger partial charge < -0.3 is 10.6 Å². The van der Waals surface area contributed by atoms with Crippen LogP contribution in [0.4, 0.5) is 0 Å². The van der Waals surface area contributed by atoms with Crippen molar-refractivity contribution in [3.63, 3.8) is 0 Å². The molecule has 4 nitrogen and oxygen atoms in total. The second-order valence-electron chi connectivity index (χ2n) is 6.03. The van der Waals surface area contributed by atoms with Gasteiger partial charge in [0.05, 0.1) is 0 Å². The summed E-state index contributed by atoms with van der Waals surface area (Å²) in [6.45, 7) is 0.787. The number of thiazole rings is 1. The van der Waals surface area contributed by atoms with Crippen LogP contribution in [-0.2, 0) is 4.79 Å². The van der Waals surface area contributed by atoms with E-state index in [0.717, 1.165) is 23.1 Å². The molecule has 2 bridgehead atoms. The van der Waals surface area contributed by atoms with Crippen LogP contribution < -0.4 is 10.6 Å². The van der Waals surface area contributed by atoms with Gasteiger partial charge >= 0.3 is 0 Å². The third-order valence-corrected chi connectivity index (χ3v) is 6.38. The summed E-state index contributed by atoms with van der Waals surface area (Å²) < 4.78 is 1.12. The molecule has 6 heteroatoms. The van der Waals surface area contributed by atoms with Crippen molar-refractivity contribution >= 4 is 29.0 Å². The number of aromatic nitrogens is 1. The van der Waals surface area contributed by atoms with Gasteiger partial charge in [-0.2, -0.15) is 0 Å². The van der Waals surface area contributed by atoms with Crippen molar-refractivity contribution < 1.29 is 4.79 Å². The molecule has 2 saturated heterocycles. The quantitative estimate of drug-likeness (QED) is 0.598. The van der Waals surface area contributed by atoms with Gasteiger partial charge in [0.25, 0.3) is 0 Å². The molecule has 3 heterocycles. The number of piperidine rings is 1. The minimum absolute atomic E-state index is 0.237. The molecule has 3 rings (SSSR count). The Bertz CT molecular complexity index is 440. The first-order chi connectivity index (χ1) is 10.3. The van der Waals surface area contributed by atoms with Gasteiger partial charge in [-0.05, 0) is 38.0 Å². The van der Waals surface area contributed by atoms with Gasteiger partial charge in [0.2, 0.25) is 5.91 Å². The summed E-state index contributed by atoms with van der Waals surface area (Å²) in [6, 6.07) is 1.35. The van der Waals surface area contributed by atoms with E-state index in [9.17, 15) is 4.79 Å². The third kappa shape index (κ3) is 4.69. The van der Waals surface area contributed by atoms with Crippen LogP contribution in [0.25, 0.3) is 0 Å². The molecule has 2 unspecified atom stereocenters. The SMILES string of the molecule is O=C(CC1CC2CCC(C1)N2)NCCCSc1nccs1. The van der Waals surface area contributed by atoms with Gasteiger partial charge in [0.1, 0.15) is 4.34 Å². The summed E-state index contributed by atoms with van der Waals surface area (Å²) in [5.41, 5.74) is 0. The van der Waals surface area contributed by atoms with E-state index in [1.165, 1.54) is 25.7 Å². The number of thioether (sulfide) groups is 1. The van der Waals surface area contributed by atoms with Crippen molar-refractivity contribution in [2.24, 2.45) is 5.92 Å². The van der Waals surface area contributed by atoms with E-state index in [4.69, 9.17) is 0 Å². The van der Waals surface area contributed by atoms with E-state index in [1.54, 1.807) is 23.1 Å². The van der Waals surface area contributed by atoms with Crippen LogP contribution in [0, 0.1) is 5.92 Å². The van der Waals surface area contributed by atoms with Crippen LogP contribution in [0.3, 0.4) is 0 Å². The molecule has 1 amide bonds. The van der Waals surface area contributed by atoms with Crippen LogP contribution in [-0.4, -0.2) is 35.3 Å². The summed E-state index contributed by atoms with van der Waals surface area (Å²) in [7, 11) is 0. The first-order valence-electron chi connectivity index (χ1n) is 7.84. The predicted octanol–water partition coefficient (Wildman–Crippen LogP) is 2.66. The Hall–Kier alpha value is -0.590. The van der Waals surface area contributed by atoms with E-state index in [-0.39, 0.29) is 5.91 Å². The number of carbonyl (C=O) groups is 1. The fourth-order valence-electron chi connectivity index (χ4n) is 3.42. The highest BCUT2D eigenvalue weighted by Crippen LogP contribution is 2.32. The average Bonchev–Trinajstić information content (AvgIpc) is 3.08. The molecule has 116 valence electrons. The van der Waals surface area contributed by atoms with E-state index < -0.39 is 0 Å². The number of rotatable bonds is 7. The smallest absolute Gasteiger partial charge is 0.220 e. The molecule has 1 aromatic heterocycles. The highest BCUT2D eigenvalue weighted by atomic mass is 32.2. The van der Waals surface area contributed by atoms with Crippen molar-refractivity contribution in [2.75, 3.05) is 12.3 Å². The van der Waals surface area contributed by atoms with E-state index in [0.29, 0.717) is 24.4 Å². The van der Waals surface area contributed by atoms with Gasteiger partial charge in [-0.3, -0.25) is 4.79 Å². The Kier molecular flexibility index (Phi) is 5.55. The molecule has 0 spiro atoms. The molecule has 21 heavy (non-hydrogen) atoms. The zero-order chi connectivity index (χ0) is 14.5. The normalized spacial score (nSPS) is 27.7. The van der Waals surface area contributed by atoms with E-state index >= 15 is 0 Å². The first kappa shape index (κ1) is 15.3. The fourth-order valence-corrected chi connectivity index (χ4v) is 5.06. The maximum atomic E-state index is 12.0. The van der Waals surface area contributed by atoms with Crippen LogP contribution in [0.15, 0.2) is 15.9 Å². The summed E-state index contributed by atoms with van der Waals surface area (Å²) in [5.74, 6) is 1.85. The molecular formula is C15H23N3OS2. The largest absolute Gasteiger partial charge is 0.356 e. The van der Waals surface area contributed by atoms with Crippen LogP contribution >= 0.6 is 23.1 Å². The van der Waals surface area contributed by atoms with Gasteiger partial charge in [-0.15, -0.1) is 11.3 Å². The number of nitrogens with zero attached hydrogens (tertiary/aromatic N) is 1. The van der Waals surface area contributed by atoms with Crippen molar-refractivity contribution in [1.82, 2.24) is 15.6 Å². The van der Waals surface area contributed by atoms with Crippen LogP contribution in [0.1, 0.15) is 38.5 Å². The standard InChI is InChI=1S/C15H23N3OS2/c19-14(10-11-8-12-2-3-13(9-11)18-12)16-4-1-6-20-15-17-5-7-21-15/h5,7,11-13,18H,1-4,6,8-10H2,(H,16,19). The van der Waals surface area contributed by atoms with Gasteiger partial charge in [0.15, 0.2) is 0 Å². The molecule has 1 aromatic rings. The highest BCUT2D eigenvalue weighted by molar-refractivity contribution is 8.00. The minimum Gasteiger partial charge on any atom is -0.356 e. The Morgan fingerprint density at radius 3 is 2.95 bits per heavy atom. The zero-order valence-corrected chi connectivity index (χ0v) is 13.8. The maximum Gasteiger partial charge on any atom is 0.220 e. The number of amides is 1. The van der Waals surface area contributed by atoms with E-state index in [2.05, 4.69) is 15.6 Å². The molecule has 0 saturated carbocycles. The van der Waals surface area contributed by atoms with Gasteiger partial charge in [-0.25, -0.2) is 4.98 Å². The van der Waals surface area contributed by atoms with Gasteiger partial charge in [-0.1, -0.05) is 11.8 Å². The maximum absolute atomic E-state index is 12.0. The molecule has 0 aromatic carbocycles.